The van der Waals surface area contributed by atoms with Crippen LogP contribution in [0, 0.1) is 5.82 Å². The van der Waals surface area contributed by atoms with E-state index in [1.807, 2.05) is 6.07 Å². The maximum absolute atomic E-state index is 14.1. The van der Waals surface area contributed by atoms with Gasteiger partial charge in [0.15, 0.2) is 0 Å². The maximum atomic E-state index is 14.1. The molecule has 0 aromatic heterocycles. The molecule has 3 rings (SSSR count). The first-order valence-electron chi connectivity index (χ1n) is 6.02. The number of carbonyl (C=O) groups excluding carboxylic acids is 1. The number of benzene rings is 2. The van der Waals surface area contributed by atoms with Crippen molar-refractivity contribution in [1.29, 1.82) is 0 Å². The first-order chi connectivity index (χ1) is 9.18. The first kappa shape index (κ1) is 11.7. The maximum Gasteiger partial charge on any atom is 0.249 e. The quantitative estimate of drug-likeness (QED) is 0.898. The molecular formula is C15H12FNO2. The van der Waals surface area contributed by atoms with E-state index in [2.05, 4.69) is 0 Å². The van der Waals surface area contributed by atoms with E-state index < -0.39 is 11.7 Å². The van der Waals surface area contributed by atoms with Crippen molar-refractivity contribution in [2.24, 2.45) is 5.73 Å². The van der Waals surface area contributed by atoms with Gasteiger partial charge >= 0.3 is 0 Å². The number of primary amides is 1. The SMILES string of the molecule is NC(=O)c1cccc(F)c1-c1cccc2c1CCO2. The monoisotopic (exact) mass is 257 g/mol. The fourth-order valence-electron chi connectivity index (χ4n) is 2.46. The van der Waals surface area contributed by atoms with Crippen LogP contribution in [0.2, 0.25) is 0 Å². The largest absolute Gasteiger partial charge is 0.493 e. The van der Waals surface area contributed by atoms with Crippen LogP contribution in [0.1, 0.15) is 15.9 Å². The number of amides is 1. The van der Waals surface area contributed by atoms with Gasteiger partial charge in [0.2, 0.25) is 5.91 Å². The van der Waals surface area contributed by atoms with Gasteiger partial charge in [0.1, 0.15) is 11.6 Å². The fraction of sp³-hybridized carbons (Fsp3) is 0.133. The van der Waals surface area contributed by atoms with Crippen LogP contribution < -0.4 is 10.5 Å². The van der Waals surface area contributed by atoms with Crippen molar-refractivity contribution in [3.05, 3.63) is 53.3 Å². The van der Waals surface area contributed by atoms with Gasteiger partial charge in [-0.05, 0) is 23.8 Å². The summed E-state index contributed by atoms with van der Waals surface area (Å²) in [5.41, 5.74) is 7.39. The van der Waals surface area contributed by atoms with Gasteiger partial charge in [-0.15, -0.1) is 0 Å². The van der Waals surface area contributed by atoms with Gasteiger partial charge in [-0.2, -0.15) is 0 Å². The zero-order chi connectivity index (χ0) is 13.4. The third-order valence-electron chi connectivity index (χ3n) is 3.29. The summed E-state index contributed by atoms with van der Waals surface area (Å²) in [5, 5.41) is 0. The smallest absolute Gasteiger partial charge is 0.249 e. The van der Waals surface area contributed by atoms with E-state index in [9.17, 15) is 9.18 Å². The van der Waals surface area contributed by atoms with Gasteiger partial charge in [0.25, 0.3) is 0 Å². The fourth-order valence-corrected chi connectivity index (χ4v) is 2.46. The molecule has 0 atom stereocenters. The van der Waals surface area contributed by atoms with Gasteiger partial charge in [-0.3, -0.25) is 4.79 Å². The van der Waals surface area contributed by atoms with E-state index in [1.165, 1.54) is 18.2 Å². The van der Waals surface area contributed by atoms with Gasteiger partial charge < -0.3 is 10.5 Å². The molecule has 1 heterocycles. The van der Waals surface area contributed by atoms with E-state index in [-0.39, 0.29) is 11.1 Å². The number of hydrogen-bond acceptors (Lipinski definition) is 2. The third-order valence-corrected chi connectivity index (χ3v) is 3.29. The van der Waals surface area contributed by atoms with Gasteiger partial charge in [0.05, 0.1) is 6.61 Å². The van der Waals surface area contributed by atoms with E-state index in [1.54, 1.807) is 12.1 Å². The van der Waals surface area contributed by atoms with Crippen LogP contribution in [-0.2, 0) is 6.42 Å². The summed E-state index contributed by atoms with van der Waals surface area (Å²) in [7, 11) is 0. The molecule has 0 radical (unpaired) electrons. The Morgan fingerprint density at radius 3 is 2.79 bits per heavy atom. The second-order valence-corrected chi connectivity index (χ2v) is 4.41. The third kappa shape index (κ3) is 1.85. The standard InChI is InChI=1S/C15H12FNO2/c16-12-5-1-4-11(15(17)18)14(12)10-3-2-6-13-9(10)7-8-19-13/h1-6H,7-8H2,(H2,17,18). The second kappa shape index (κ2) is 4.39. The number of nitrogens with two attached hydrogens (primary N) is 1. The summed E-state index contributed by atoms with van der Waals surface area (Å²) >= 11 is 0. The average molecular weight is 257 g/mol. The molecule has 0 saturated heterocycles. The van der Waals surface area contributed by atoms with Crippen molar-refractivity contribution in [3.8, 4) is 16.9 Å². The minimum atomic E-state index is -0.633. The molecule has 0 aliphatic carbocycles. The molecule has 2 N–H and O–H groups in total. The van der Waals surface area contributed by atoms with Crippen LogP contribution in [0.4, 0.5) is 4.39 Å². The van der Waals surface area contributed by atoms with E-state index in [0.717, 1.165) is 11.3 Å². The Morgan fingerprint density at radius 1 is 1.21 bits per heavy atom. The Balaban J connectivity index is 2.29. The van der Waals surface area contributed by atoms with Crippen LogP contribution in [-0.4, -0.2) is 12.5 Å². The molecule has 1 aliphatic rings. The van der Waals surface area contributed by atoms with E-state index in [0.29, 0.717) is 18.6 Å². The van der Waals surface area contributed by atoms with Crippen molar-refractivity contribution >= 4 is 5.91 Å². The zero-order valence-corrected chi connectivity index (χ0v) is 10.2. The highest BCUT2D eigenvalue weighted by Gasteiger charge is 2.22. The van der Waals surface area contributed by atoms with Crippen molar-refractivity contribution in [3.63, 3.8) is 0 Å². The Hall–Kier alpha value is -2.36. The second-order valence-electron chi connectivity index (χ2n) is 4.41. The molecule has 1 aliphatic heterocycles. The molecule has 1 amide bonds. The molecule has 96 valence electrons. The van der Waals surface area contributed by atoms with Crippen molar-refractivity contribution < 1.29 is 13.9 Å². The minimum Gasteiger partial charge on any atom is -0.493 e. The van der Waals surface area contributed by atoms with Crippen LogP contribution in [0.25, 0.3) is 11.1 Å². The summed E-state index contributed by atoms with van der Waals surface area (Å²) in [6.07, 6.45) is 0.706. The number of fused-ring (bicyclic) bond motifs is 1. The molecular weight excluding hydrogens is 245 g/mol. The average Bonchev–Trinajstić information content (AvgIpc) is 2.86. The van der Waals surface area contributed by atoms with Crippen LogP contribution in [0.3, 0.4) is 0 Å². The lowest BCUT2D eigenvalue weighted by Crippen LogP contribution is -2.13. The topological polar surface area (TPSA) is 52.3 Å². The molecule has 2 aromatic rings. The molecule has 19 heavy (non-hydrogen) atoms. The van der Waals surface area contributed by atoms with E-state index >= 15 is 0 Å². The molecule has 0 saturated carbocycles. The Bertz CT molecular complexity index is 667. The van der Waals surface area contributed by atoms with E-state index in [4.69, 9.17) is 10.5 Å². The molecule has 0 spiro atoms. The molecule has 2 aromatic carbocycles. The number of hydrogen-bond donors (Lipinski definition) is 1. The Morgan fingerprint density at radius 2 is 2.00 bits per heavy atom. The summed E-state index contributed by atoms with van der Waals surface area (Å²) in [4.78, 5) is 11.5. The number of halogens is 1. The molecule has 3 nitrogen and oxygen atoms in total. The van der Waals surface area contributed by atoms with Gasteiger partial charge in [0, 0.05) is 23.1 Å². The van der Waals surface area contributed by atoms with Gasteiger partial charge in [-0.25, -0.2) is 4.39 Å². The zero-order valence-electron chi connectivity index (χ0n) is 10.2. The highest BCUT2D eigenvalue weighted by atomic mass is 19.1. The summed E-state index contributed by atoms with van der Waals surface area (Å²) in [5.74, 6) is -0.334. The molecule has 0 unspecified atom stereocenters. The lowest BCUT2D eigenvalue weighted by atomic mass is 9.93. The Labute approximate surface area is 109 Å². The van der Waals surface area contributed by atoms with Crippen LogP contribution in [0.5, 0.6) is 5.75 Å². The first-order valence-corrected chi connectivity index (χ1v) is 6.02. The Kier molecular flexibility index (Phi) is 2.71. The summed E-state index contributed by atoms with van der Waals surface area (Å²) in [6, 6.07) is 9.78. The van der Waals surface area contributed by atoms with Crippen molar-refractivity contribution in [2.45, 2.75) is 6.42 Å². The minimum absolute atomic E-state index is 0.195. The highest BCUT2D eigenvalue weighted by Crippen LogP contribution is 2.37. The molecule has 0 bridgehead atoms. The predicted molar refractivity (Wildman–Crippen MR) is 69.6 cm³/mol. The highest BCUT2D eigenvalue weighted by molar-refractivity contribution is 6.00. The van der Waals surface area contributed by atoms with Gasteiger partial charge in [-0.1, -0.05) is 18.2 Å². The number of carbonyl (C=O) groups is 1. The normalized spacial score (nSPS) is 12.9. The lowest BCUT2D eigenvalue weighted by Gasteiger charge is -2.11. The molecule has 0 fully saturated rings. The van der Waals surface area contributed by atoms with Crippen LogP contribution >= 0.6 is 0 Å². The van der Waals surface area contributed by atoms with Crippen LogP contribution in [0.15, 0.2) is 36.4 Å². The predicted octanol–water partition coefficient (Wildman–Crippen LogP) is 2.53. The number of ether oxygens (including phenoxy) is 1. The van der Waals surface area contributed by atoms with Crippen molar-refractivity contribution in [2.75, 3.05) is 6.61 Å². The van der Waals surface area contributed by atoms with Crippen molar-refractivity contribution in [1.82, 2.24) is 0 Å². The summed E-state index contributed by atoms with van der Waals surface area (Å²) in [6.45, 7) is 0.576. The summed E-state index contributed by atoms with van der Waals surface area (Å²) < 4.78 is 19.6. The molecule has 4 heteroatoms. The number of rotatable bonds is 2. The lowest BCUT2D eigenvalue weighted by molar-refractivity contribution is 0.100.